The fraction of sp³-hybridized carbons (Fsp3) is 0.300. The van der Waals surface area contributed by atoms with E-state index in [1.807, 2.05) is 22.6 Å². The first kappa shape index (κ1) is 7.60. The maximum atomic E-state index is 8.01. The molecule has 2 aromatic rings. The van der Waals surface area contributed by atoms with Gasteiger partial charge in [-0.25, -0.2) is 9.97 Å². The van der Waals surface area contributed by atoms with E-state index in [4.69, 9.17) is 17.1 Å². The van der Waals surface area contributed by atoms with Gasteiger partial charge in [-0.1, -0.05) is 0 Å². The van der Waals surface area contributed by atoms with Crippen LogP contribution in [0.3, 0.4) is 0 Å². The zero-order valence-corrected chi connectivity index (χ0v) is 11.2. The van der Waals surface area contributed by atoms with Crippen LogP contribution in [0.2, 0.25) is 5.28 Å². The predicted molar refractivity (Wildman–Crippen MR) is 71.4 cm³/mol. The van der Waals surface area contributed by atoms with Gasteiger partial charge in [-0.05, 0) is 54.0 Å². The molecule has 0 saturated carbocycles. The average Bonchev–Trinajstić information content (AvgIpc) is 2.70. The molecule has 0 saturated heterocycles. The monoisotopic (exact) mass is 352 g/mol. The first-order valence-corrected chi connectivity index (χ1v) is 5.83. The highest BCUT2D eigenvalue weighted by molar-refractivity contribution is 14.1. The van der Waals surface area contributed by atoms with Crippen molar-refractivity contribution in [2.75, 3.05) is 0 Å². The minimum atomic E-state index is -2.50. The molecule has 0 aliphatic carbocycles. The molecule has 0 aromatic carbocycles. The normalized spacial score (nSPS) is 19.2. The summed E-state index contributed by atoms with van der Waals surface area (Å²) in [6.45, 7) is -1.21. The van der Waals surface area contributed by atoms with Gasteiger partial charge < -0.3 is 0 Å². The fourth-order valence-corrected chi connectivity index (χ4v) is 1.98. The van der Waals surface area contributed by atoms with Gasteiger partial charge in [0.25, 0.3) is 0 Å². The van der Waals surface area contributed by atoms with E-state index in [9.17, 15) is 0 Å². The minimum Gasteiger partial charge on any atom is -0.268 e. The van der Waals surface area contributed by atoms with Crippen LogP contribution in [0.25, 0.3) is 11.3 Å². The van der Waals surface area contributed by atoms with Gasteiger partial charge in [0, 0.05) is 22.5 Å². The van der Waals surface area contributed by atoms with Crippen LogP contribution in [-0.2, 0) is 0 Å². The smallest absolute Gasteiger partial charge is 0.222 e. The molecule has 0 fully saturated rings. The van der Waals surface area contributed by atoms with Crippen LogP contribution in [0.5, 0.6) is 0 Å². The van der Waals surface area contributed by atoms with Crippen LogP contribution in [0.1, 0.15) is 25.3 Å². The molecule has 0 aliphatic rings. The van der Waals surface area contributed by atoms with Crippen molar-refractivity contribution in [1.82, 2.24) is 19.7 Å². The number of halogens is 2. The third kappa shape index (κ3) is 2.35. The number of hydrogen-bond acceptors (Lipinski definition) is 3. The fourth-order valence-electron chi connectivity index (χ4n) is 1.18. The van der Waals surface area contributed by atoms with Crippen molar-refractivity contribution in [3.8, 4) is 11.3 Å². The quantitative estimate of drug-likeness (QED) is 0.616. The Kier molecular flexibility index (Phi) is 2.22. The zero-order chi connectivity index (χ0) is 15.1. The van der Waals surface area contributed by atoms with Gasteiger partial charge in [-0.3, -0.25) is 4.68 Å². The van der Waals surface area contributed by atoms with Gasteiger partial charge in [-0.15, -0.1) is 0 Å². The molecule has 2 rings (SSSR count). The maximum absolute atomic E-state index is 8.01. The van der Waals surface area contributed by atoms with Crippen molar-refractivity contribution in [3.05, 3.63) is 27.4 Å². The number of rotatable bonds is 2. The Morgan fingerprint density at radius 2 is 2.50 bits per heavy atom. The lowest BCUT2D eigenvalue weighted by molar-refractivity contribution is 0.529. The molecular weight excluding hydrogens is 338 g/mol. The van der Waals surface area contributed by atoms with Crippen molar-refractivity contribution in [2.24, 2.45) is 0 Å². The lowest BCUT2D eigenvalue weighted by atomic mass is 10.2. The largest absolute Gasteiger partial charge is 0.268 e. The van der Waals surface area contributed by atoms with Crippen molar-refractivity contribution in [1.29, 1.82) is 0 Å². The highest BCUT2D eigenvalue weighted by atomic mass is 127. The summed E-state index contributed by atoms with van der Waals surface area (Å²) < 4.78 is 31.9. The van der Waals surface area contributed by atoms with Crippen molar-refractivity contribution >= 4 is 34.2 Å². The molecule has 1 unspecified atom stereocenters. The van der Waals surface area contributed by atoms with Gasteiger partial charge in [0.05, 0.1) is 12.6 Å². The minimum absolute atomic E-state index is 0.0931. The van der Waals surface area contributed by atoms with E-state index < -0.39 is 12.9 Å². The molecule has 0 N–H and O–H groups in total. The summed E-state index contributed by atoms with van der Waals surface area (Å²) in [5, 5.41) is 4.20. The third-order valence-electron chi connectivity index (χ3n) is 1.91. The summed E-state index contributed by atoms with van der Waals surface area (Å²) >= 11 is 7.70. The van der Waals surface area contributed by atoms with Crippen LogP contribution in [0, 0.1) is 3.70 Å². The van der Waals surface area contributed by atoms with Crippen LogP contribution in [-0.4, -0.2) is 19.7 Å². The van der Waals surface area contributed by atoms with E-state index in [0.717, 1.165) is 4.68 Å². The zero-order valence-electron chi connectivity index (χ0n) is 12.3. The Bertz CT molecular complexity index is 640. The lowest BCUT2D eigenvalue weighted by Crippen LogP contribution is -2.00. The molecule has 1 atom stereocenters. The Hall–Kier alpha value is -0.690. The van der Waals surface area contributed by atoms with Crippen LogP contribution >= 0.6 is 34.2 Å². The summed E-state index contributed by atoms with van der Waals surface area (Å²) in [5.74, 6) is 0. The SMILES string of the molecule is [2H]C([2H])([2H])C([2H])(C)n1cc(-c2ccnc(Cl)n2)c(I)n1. The summed E-state index contributed by atoms with van der Waals surface area (Å²) in [4.78, 5) is 7.84. The van der Waals surface area contributed by atoms with Crippen LogP contribution in [0.15, 0.2) is 18.5 Å². The molecule has 0 radical (unpaired) electrons. The van der Waals surface area contributed by atoms with Crippen LogP contribution < -0.4 is 0 Å². The third-order valence-corrected chi connectivity index (χ3v) is 2.89. The molecule has 0 amide bonds. The first-order chi connectivity index (χ1) is 9.13. The van der Waals surface area contributed by atoms with E-state index in [0.29, 0.717) is 15.0 Å². The second-order valence-corrected chi connectivity index (χ2v) is 4.43. The van der Waals surface area contributed by atoms with Gasteiger partial charge in [0.1, 0.15) is 3.70 Å². The van der Waals surface area contributed by atoms with Crippen molar-refractivity contribution < 1.29 is 5.48 Å². The molecule has 6 heteroatoms. The number of aromatic nitrogens is 4. The van der Waals surface area contributed by atoms with Gasteiger partial charge in [0.2, 0.25) is 5.28 Å². The lowest BCUT2D eigenvalue weighted by Gasteiger charge is -2.02. The molecule has 0 bridgehead atoms. The molecule has 84 valence electrons. The Labute approximate surface area is 118 Å². The highest BCUT2D eigenvalue weighted by Crippen LogP contribution is 2.24. The topological polar surface area (TPSA) is 43.6 Å². The summed E-state index contributed by atoms with van der Waals surface area (Å²) in [6, 6.07) is -0.214. The molecule has 0 aliphatic heterocycles. The van der Waals surface area contributed by atoms with E-state index in [1.54, 1.807) is 6.07 Å². The second-order valence-electron chi connectivity index (χ2n) is 3.07. The highest BCUT2D eigenvalue weighted by Gasteiger charge is 2.11. The van der Waals surface area contributed by atoms with E-state index in [-0.39, 0.29) is 5.28 Å². The second kappa shape index (κ2) is 4.67. The summed E-state index contributed by atoms with van der Waals surface area (Å²) in [6.07, 6.45) is 2.99. The molecule has 4 nitrogen and oxygen atoms in total. The molecule has 2 heterocycles. The molecule has 16 heavy (non-hydrogen) atoms. The van der Waals surface area contributed by atoms with E-state index in [1.165, 1.54) is 19.3 Å². The maximum Gasteiger partial charge on any atom is 0.222 e. The summed E-state index contributed by atoms with van der Waals surface area (Å²) in [7, 11) is 0. The molecule has 0 spiro atoms. The first-order valence-electron chi connectivity index (χ1n) is 6.37. The Balaban J connectivity index is 2.51. The molecular formula is C10H10ClIN4. The van der Waals surface area contributed by atoms with Gasteiger partial charge in [0.15, 0.2) is 0 Å². The number of hydrogen-bond donors (Lipinski definition) is 0. The van der Waals surface area contributed by atoms with E-state index in [2.05, 4.69) is 15.1 Å². The summed E-state index contributed by atoms with van der Waals surface area (Å²) in [5.41, 5.74) is 1.14. The number of nitrogens with zero attached hydrogens (tertiary/aromatic N) is 4. The Morgan fingerprint density at radius 1 is 1.69 bits per heavy atom. The van der Waals surface area contributed by atoms with Gasteiger partial charge >= 0.3 is 0 Å². The Morgan fingerprint density at radius 3 is 3.19 bits per heavy atom. The van der Waals surface area contributed by atoms with Crippen molar-refractivity contribution in [2.45, 2.75) is 19.8 Å². The van der Waals surface area contributed by atoms with Crippen LogP contribution in [0.4, 0.5) is 0 Å². The average molecular weight is 353 g/mol. The van der Waals surface area contributed by atoms with E-state index >= 15 is 0 Å². The molecule has 2 aromatic heterocycles. The van der Waals surface area contributed by atoms with Gasteiger partial charge in [-0.2, -0.15) is 5.10 Å². The standard InChI is InChI=1S/C10H10ClIN4/c1-6(2)16-5-7(9(12)15-16)8-3-4-13-10(11)14-8/h3-6H,1-2H3/i1D3,6D. The predicted octanol–water partition coefficient (Wildman–Crippen LogP) is 3.18. The van der Waals surface area contributed by atoms with Crippen molar-refractivity contribution in [3.63, 3.8) is 0 Å².